The number of aliphatic hydroxyl groups is 1. The molecule has 6 heteroatoms. The maximum atomic E-state index is 12.8. The summed E-state index contributed by atoms with van der Waals surface area (Å²) in [5, 5.41) is 15.7. The summed E-state index contributed by atoms with van der Waals surface area (Å²) < 4.78 is 0. The van der Waals surface area contributed by atoms with Crippen LogP contribution < -0.4 is 10.6 Å². The minimum Gasteiger partial charge on any atom is -0.394 e. The quantitative estimate of drug-likeness (QED) is 0.674. The van der Waals surface area contributed by atoms with E-state index in [0.29, 0.717) is 6.54 Å². The van der Waals surface area contributed by atoms with E-state index in [0.717, 1.165) is 24.0 Å². The molecule has 6 nitrogen and oxygen atoms in total. The number of likely N-dealkylation sites (tertiary alicyclic amines) is 1. The average molecular weight is 386 g/mol. The van der Waals surface area contributed by atoms with Gasteiger partial charge in [0.1, 0.15) is 0 Å². The number of hydrogen-bond acceptors (Lipinski definition) is 3. The number of nitrogens with zero attached hydrogens (tertiary/aromatic N) is 1. The minimum atomic E-state index is -0.236. The Morgan fingerprint density at radius 3 is 2.43 bits per heavy atom. The summed E-state index contributed by atoms with van der Waals surface area (Å²) in [6.45, 7) is 6.08. The molecule has 0 radical (unpaired) electrons. The average Bonchev–Trinajstić information content (AvgIpc) is 3.47. The Balaban J connectivity index is 1.78. The van der Waals surface area contributed by atoms with Crippen molar-refractivity contribution in [3.63, 3.8) is 0 Å². The Hall–Kier alpha value is -2.34. The van der Waals surface area contributed by atoms with E-state index in [4.69, 9.17) is 0 Å². The lowest BCUT2D eigenvalue weighted by atomic mass is 9.74. The number of carbonyl (C=O) groups is 2. The van der Waals surface area contributed by atoms with Crippen LogP contribution in [-0.4, -0.2) is 53.2 Å². The van der Waals surface area contributed by atoms with Crippen LogP contribution in [0.2, 0.25) is 0 Å². The van der Waals surface area contributed by atoms with Crippen LogP contribution in [0.3, 0.4) is 0 Å². The molecule has 3 atom stereocenters. The zero-order valence-electron chi connectivity index (χ0n) is 16.9. The molecule has 0 spiro atoms. The van der Waals surface area contributed by atoms with Crippen LogP contribution in [0.15, 0.2) is 30.3 Å². The Bertz CT molecular complexity index is 725. The van der Waals surface area contributed by atoms with Gasteiger partial charge in [-0.05, 0) is 44.7 Å². The number of benzene rings is 1. The van der Waals surface area contributed by atoms with E-state index in [9.17, 15) is 14.7 Å². The molecular weight excluding hydrogens is 354 g/mol. The zero-order valence-corrected chi connectivity index (χ0v) is 16.9. The third-order valence-corrected chi connectivity index (χ3v) is 5.48. The molecule has 1 aromatic rings. The fourth-order valence-corrected chi connectivity index (χ4v) is 4.02. The van der Waals surface area contributed by atoms with E-state index in [-0.39, 0.29) is 48.5 Å². The Morgan fingerprint density at radius 1 is 1.21 bits per heavy atom. The van der Waals surface area contributed by atoms with E-state index in [2.05, 4.69) is 22.8 Å². The monoisotopic (exact) mass is 385 g/mol. The lowest BCUT2D eigenvalue weighted by Gasteiger charge is -2.55. The number of carbonyl (C=O) groups excluding carboxylic acids is 2. The first-order valence-electron chi connectivity index (χ1n) is 10.2. The van der Waals surface area contributed by atoms with Crippen molar-refractivity contribution in [1.82, 2.24) is 15.5 Å². The van der Waals surface area contributed by atoms with Crippen LogP contribution in [0.25, 0.3) is 6.08 Å². The van der Waals surface area contributed by atoms with Crippen LogP contribution in [-0.2, 0) is 4.79 Å². The number of urea groups is 1. The van der Waals surface area contributed by atoms with Gasteiger partial charge in [0.15, 0.2) is 0 Å². The second-order valence-corrected chi connectivity index (χ2v) is 8.04. The first-order valence-corrected chi connectivity index (χ1v) is 10.2. The number of aliphatic hydroxyl groups excluding tert-OH is 1. The summed E-state index contributed by atoms with van der Waals surface area (Å²) >= 11 is 0. The molecule has 2 aliphatic rings. The van der Waals surface area contributed by atoms with Crippen molar-refractivity contribution in [2.45, 2.75) is 57.7 Å². The second-order valence-electron chi connectivity index (χ2n) is 8.04. The number of amides is 3. The summed E-state index contributed by atoms with van der Waals surface area (Å²) in [4.78, 5) is 26.6. The molecule has 1 aliphatic carbocycles. The van der Waals surface area contributed by atoms with Gasteiger partial charge in [-0.3, -0.25) is 4.79 Å². The molecule has 3 N–H and O–H groups in total. The van der Waals surface area contributed by atoms with Crippen molar-refractivity contribution < 1.29 is 14.7 Å². The SMILES string of the molecule is C/C=C/c1ccc([C@H]2[C@@H](CNC(=O)NC(C)C)N(C(=O)C3CC3)[C@H]2CO)cc1. The van der Waals surface area contributed by atoms with E-state index >= 15 is 0 Å². The van der Waals surface area contributed by atoms with Gasteiger partial charge in [0.2, 0.25) is 5.91 Å². The van der Waals surface area contributed by atoms with Crippen LogP contribution in [0, 0.1) is 5.92 Å². The smallest absolute Gasteiger partial charge is 0.315 e. The van der Waals surface area contributed by atoms with E-state index < -0.39 is 0 Å². The van der Waals surface area contributed by atoms with Crippen LogP contribution in [0.4, 0.5) is 4.79 Å². The lowest BCUT2D eigenvalue weighted by Crippen LogP contribution is -2.69. The summed E-state index contributed by atoms with van der Waals surface area (Å²) in [6.07, 6.45) is 5.87. The minimum absolute atomic E-state index is 0.00621. The van der Waals surface area contributed by atoms with Crippen molar-refractivity contribution >= 4 is 18.0 Å². The van der Waals surface area contributed by atoms with Crippen LogP contribution in [0.1, 0.15) is 50.7 Å². The van der Waals surface area contributed by atoms with Gasteiger partial charge in [-0.15, -0.1) is 0 Å². The molecule has 0 aromatic heterocycles. The molecule has 2 fully saturated rings. The van der Waals surface area contributed by atoms with Gasteiger partial charge in [0.05, 0.1) is 18.7 Å². The predicted octanol–water partition coefficient (Wildman–Crippen LogP) is 2.49. The Morgan fingerprint density at radius 2 is 1.89 bits per heavy atom. The van der Waals surface area contributed by atoms with Gasteiger partial charge >= 0.3 is 6.03 Å². The van der Waals surface area contributed by atoms with Gasteiger partial charge in [0.25, 0.3) is 0 Å². The number of allylic oxidation sites excluding steroid dienone is 1. The highest BCUT2D eigenvalue weighted by Gasteiger charge is 2.53. The summed E-state index contributed by atoms with van der Waals surface area (Å²) in [5.41, 5.74) is 2.20. The van der Waals surface area contributed by atoms with Gasteiger partial charge < -0.3 is 20.6 Å². The van der Waals surface area contributed by atoms with Crippen molar-refractivity contribution in [1.29, 1.82) is 0 Å². The van der Waals surface area contributed by atoms with Gasteiger partial charge in [-0.2, -0.15) is 0 Å². The highest BCUT2D eigenvalue weighted by atomic mass is 16.3. The molecular formula is C22H31N3O3. The highest BCUT2D eigenvalue weighted by Crippen LogP contribution is 2.44. The molecule has 0 bridgehead atoms. The fourth-order valence-electron chi connectivity index (χ4n) is 4.02. The second kappa shape index (κ2) is 8.78. The maximum Gasteiger partial charge on any atom is 0.315 e. The molecule has 3 amide bonds. The standard InChI is InChI=1S/C22H31N3O3/c1-4-5-15-6-8-16(9-7-15)20-18(12-23-22(28)24-14(2)3)25(19(20)13-26)21(27)17-10-11-17/h4-9,14,17-20,26H,10-13H2,1-3H3,(H2,23,24,28)/b5-4+/t18-,19+,20+/m1/s1. The lowest BCUT2D eigenvalue weighted by molar-refractivity contribution is -0.151. The summed E-state index contributed by atoms with van der Waals surface area (Å²) in [7, 11) is 0. The third-order valence-electron chi connectivity index (χ3n) is 5.48. The fraction of sp³-hybridized carbons (Fsp3) is 0.545. The largest absolute Gasteiger partial charge is 0.394 e. The zero-order chi connectivity index (χ0) is 20.3. The maximum absolute atomic E-state index is 12.8. The Labute approximate surface area is 167 Å². The van der Waals surface area contributed by atoms with Crippen molar-refractivity contribution in [3.8, 4) is 0 Å². The summed E-state index contributed by atoms with van der Waals surface area (Å²) in [5.74, 6) is 0.197. The van der Waals surface area contributed by atoms with Crippen LogP contribution in [0.5, 0.6) is 0 Å². The van der Waals surface area contributed by atoms with Crippen LogP contribution >= 0.6 is 0 Å². The topological polar surface area (TPSA) is 81.7 Å². The van der Waals surface area contributed by atoms with Gasteiger partial charge in [-0.25, -0.2) is 4.79 Å². The molecule has 28 heavy (non-hydrogen) atoms. The van der Waals surface area contributed by atoms with E-state index in [1.165, 1.54) is 0 Å². The molecule has 3 rings (SSSR count). The molecule has 1 aliphatic heterocycles. The van der Waals surface area contributed by atoms with Crippen molar-refractivity contribution in [2.75, 3.05) is 13.2 Å². The predicted molar refractivity (Wildman–Crippen MR) is 110 cm³/mol. The Kier molecular flexibility index (Phi) is 6.39. The number of nitrogens with one attached hydrogen (secondary N) is 2. The van der Waals surface area contributed by atoms with Crippen molar-refractivity contribution in [3.05, 3.63) is 41.5 Å². The third kappa shape index (κ3) is 4.38. The molecule has 1 saturated carbocycles. The molecule has 1 aromatic carbocycles. The van der Waals surface area contributed by atoms with Gasteiger partial charge in [-0.1, -0.05) is 36.4 Å². The molecule has 1 saturated heterocycles. The van der Waals surface area contributed by atoms with Gasteiger partial charge in [0, 0.05) is 24.4 Å². The number of hydrogen-bond donors (Lipinski definition) is 3. The highest BCUT2D eigenvalue weighted by molar-refractivity contribution is 5.83. The molecule has 152 valence electrons. The molecule has 1 heterocycles. The molecule has 0 unspecified atom stereocenters. The normalized spacial score (nSPS) is 24.3. The van der Waals surface area contributed by atoms with Crippen molar-refractivity contribution in [2.24, 2.45) is 5.92 Å². The first-order chi connectivity index (χ1) is 13.5. The first kappa shape index (κ1) is 20.4. The number of rotatable bonds is 7. The van der Waals surface area contributed by atoms with E-state index in [1.807, 2.05) is 45.1 Å². The van der Waals surface area contributed by atoms with E-state index in [1.54, 1.807) is 4.90 Å². The summed E-state index contributed by atoms with van der Waals surface area (Å²) in [6, 6.07) is 7.65.